The summed E-state index contributed by atoms with van der Waals surface area (Å²) < 4.78 is 0. The first-order chi connectivity index (χ1) is 7.72. The van der Waals surface area contributed by atoms with Crippen LogP contribution in [0.4, 0.5) is 11.4 Å². The van der Waals surface area contributed by atoms with Crippen LogP contribution >= 0.6 is 0 Å². The van der Waals surface area contributed by atoms with Crippen molar-refractivity contribution in [3.05, 3.63) is 23.8 Å². The van der Waals surface area contributed by atoms with Gasteiger partial charge in [-0.15, -0.1) is 0 Å². The van der Waals surface area contributed by atoms with E-state index in [0.29, 0.717) is 5.92 Å². The number of aliphatic hydroxyl groups excluding tert-OH is 1. The van der Waals surface area contributed by atoms with Gasteiger partial charge in [0.05, 0.1) is 0 Å². The Morgan fingerprint density at radius 2 is 2.31 bits per heavy atom. The van der Waals surface area contributed by atoms with Gasteiger partial charge >= 0.3 is 0 Å². The number of benzene rings is 1. The quantitative estimate of drug-likeness (QED) is 0.761. The third-order valence-corrected chi connectivity index (χ3v) is 3.23. The molecule has 0 aliphatic carbocycles. The number of aliphatic hydroxyl groups is 1. The normalized spacial score (nSPS) is 17.0. The largest absolute Gasteiger partial charge is 0.398 e. The van der Waals surface area contributed by atoms with E-state index < -0.39 is 0 Å². The number of nitrogens with two attached hydrogens (primary N) is 1. The first-order valence-corrected chi connectivity index (χ1v) is 5.95. The summed E-state index contributed by atoms with van der Waals surface area (Å²) in [6.07, 6.45) is 2.23. The summed E-state index contributed by atoms with van der Waals surface area (Å²) in [4.78, 5) is 2.34. The fraction of sp³-hybridized carbons (Fsp3) is 0.538. The number of fused-ring (bicyclic) bond motifs is 1. The van der Waals surface area contributed by atoms with Gasteiger partial charge in [0.15, 0.2) is 0 Å². The molecule has 2 rings (SSSR count). The van der Waals surface area contributed by atoms with Crippen LogP contribution < -0.4 is 10.6 Å². The van der Waals surface area contributed by atoms with Gasteiger partial charge in [0.25, 0.3) is 0 Å². The molecule has 0 saturated heterocycles. The van der Waals surface area contributed by atoms with Crippen LogP contribution in [0.2, 0.25) is 0 Å². The molecule has 1 unspecified atom stereocenters. The molecule has 0 bridgehead atoms. The van der Waals surface area contributed by atoms with Gasteiger partial charge in [0, 0.05) is 31.1 Å². The maximum absolute atomic E-state index is 9.12. The lowest BCUT2D eigenvalue weighted by Crippen LogP contribution is -2.34. The molecule has 0 amide bonds. The smallest absolute Gasteiger partial charge is 0.0473 e. The molecule has 3 nitrogen and oxygen atoms in total. The zero-order chi connectivity index (χ0) is 11.5. The minimum atomic E-state index is 0.244. The van der Waals surface area contributed by atoms with Crippen molar-refractivity contribution in [2.24, 2.45) is 5.92 Å². The van der Waals surface area contributed by atoms with Crippen LogP contribution in [-0.2, 0) is 6.42 Å². The maximum atomic E-state index is 9.12. The number of hydrogen-bond donors (Lipinski definition) is 2. The van der Waals surface area contributed by atoms with Crippen LogP contribution in [0.5, 0.6) is 0 Å². The van der Waals surface area contributed by atoms with E-state index in [1.54, 1.807) is 0 Å². The highest BCUT2D eigenvalue weighted by molar-refractivity contribution is 5.66. The molecule has 3 N–H and O–H groups in total. The molecule has 1 aliphatic rings. The lowest BCUT2D eigenvalue weighted by molar-refractivity contribution is 0.239. The molecule has 1 aliphatic heterocycles. The Hall–Kier alpha value is -1.22. The lowest BCUT2D eigenvalue weighted by atomic mass is 9.99. The third kappa shape index (κ3) is 2.14. The molecule has 88 valence electrons. The fourth-order valence-corrected chi connectivity index (χ4v) is 2.35. The molecule has 0 spiro atoms. The Bertz CT molecular complexity index is 365. The minimum Gasteiger partial charge on any atom is -0.398 e. The Kier molecular flexibility index (Phi) is 3.34. The highest BCUT2D eigenvalue weighted by Gasteiger charge is 2.19. The number of hydrogen-bond acceptors (Lipinski definition) is 3. The molecule has 0 aromatic heterocycles. The van der Waals surface area contributed by atoms with Crippen molar-refractivity contribution in [3.63, 3.8) is 0 Å². The minimum absolute atomic E-state index is 0.244. The number of anilines is 2. The second-order valence-electron chi connectivity index (χ2n) is 4.68. The molecule has 1 atom stereocenters. The standard InChI is InChI=1S/C13H20N2O/c1-10(9-16)8-15-7-3-4-11-12(14)5-2-6-13(11)15/h2,5-6,10,16H,3-4,7-9,14H2,1H3. The first kappa shape index (κ1) is 11.3. The van der Waals surface area contributed by atoms with Crippen LogP contribution in [0, 0.1) is 5.92 Å². The van der Waals surface area contributed by atoms with Gasteiger partial charge in [-0.2, -0.15) is 0 Å². The SMILES string of the molecule is CC(CO)CN1CCCc2c(N)cccc21. The molecule has 3 heteroatoms. The second-order valence-corrected chi connectivity index (χ2v) is 4.68. The predicted molar refractivity (Wildman–Crippen MR) is 67.6 cm³/mol. The monoisotopic (exact) mass is 220 g/mol. The predicted octanol–water partition coefficient (Wildman–Crippen LogP) is 1.65. The van der Waals surface area contributed by atoms with Crippen molar-refractivity contribution in [1.82, 2.24) is 0 Å². The molecular weight excluding hydrogens is 200 g/mol. The lowest BCUT2D eigenvalue weighted by Gasteiger charge is -2.33. The fourth-order valence-electron chi connectivity index (χ4n) is 2.35. The van der Waals surface area contributed by atoms with Crippen molar-refractivity contribution in [1.29, 1.82) is 0 Å². The maximum Gasteiger partial charge on any atom is 0.0473 e. The van der Waals surface area contributed by atoms with Crippen molar-refractivity contribution in [2.45, 2.75) is 19.8 Å². The van der Waals surface area contributed by atoms with Crippen molar-refractivity contribution < 1.29 is 5.11 Å². The molecule has 16 heavy (non-hydrogen) atoms. The summed E-state index contributed by atoms with van der Waals surface area (Å²) >= 11 is 0. The van der Waals surface area contributed by atoms with Crippen molar-refractivity contribution in [3.8, 4) is 0 Å². The van der Waals surface area contributed by atoms with Crippen molar-refractivity contribution >= 4 is 11.4 Å². The van der Waals surface area contributed by atoms with Crippen LogP contribution in [0.25, 0.3) is 0 Å². The van der Waals surface area contributed by atoms with Crippen LogP contribution in [-0.4, -0.2) is 24.8 Å². The second kappa shape index (κ2) is 4.74. The van der Waals surface area contributed by atoms with E-state index in [-0.39, 0.29) is 6.61 Å². The van der Waals surface area contributed by atoms with Crippen LogP contribution in [0.3, 0.4) is 0 Å². The van der Waals surface area contributed by atoms with E-state index in [1.165, 1.54) is 11.3 Å². The first-order valence-electron chi connectivity index (χ1n) is 5.95. The molecule has 0 fully saturated rings. The molecule has 0 saturated carbocycles. The molecular formula is C13H20N2O. The van der Waals surface area contributed by atoms with Gasteiger partial charge < -0.3 is 15.7 Å². The molecule has 0 radical (unpaired) electrons. The zero-order valence-electron chi connectivity index (χ0n) is 9.82. The molecule has 1 aromatic carbocycles. The topological polar surface area (TPSA) is 49.5 Å². The Morgan fingerprint density at radius 3 is 3.06 bits per heavy atom. The van der Waals surface area contributed by atoms with E-state index in [0.717, 1.165) is 31.6 Å². The Balaban J connectivity index is 2.23. The van der Waals surface area contributed by atoms with Crippen LogP contribution in [0.1, 0.15) is 18.9 Å². The number of rotatable bonds is 3. The van der Waals surface area contributed by atoms with E-state index in [4.69, 9.17) is 10.8 Å². The van der Waals surface area contributed by atoms with Gasteiger partial charge in [-0.3, -0.25) is 0 Å². The number of nitrogens with zero attached hydrogens (tertiary/aromatic N) is 1. The van der Waals surface area contributed by atoms with E-state index in [2.05, 4.69) is 17.9 Å². The van der Waals surface area contributed by atoms with E-state index in [1.807, 2.05) is 12.1 Å². The summed E-state index contributed by atoms with van der Waals surface area (Å²) in [7, 11) is 0. The van der Waals surface area contributed by atoms with Gasteiger partial charge in [0.1, 0.15) is 0 Å². The highest BCUT2D eigenvalue weighted by Crippen LogP contribution is 2.31. The summed E-state index contributed by atoms with van der Waals surface area (Å²) in [6, 6.07) is 6.11. The average Bonchev–Trinajstić information content (AvgIpc) is 2.30. The van der Waals surface area contributed by atoms with Gasteiger partial charge in [-0.05, 0) is 36.5 Å². The Morgan fingerprint density at radius 1 is 1.50 bits per heavy atom. The Labute approximate surface area is 96.9 Å². The third-order valence-electron chi connectivity index (χ3n) is 3.23. The van der Waals surface area contributed by atoms with Gasteiger partial charge in [-0.1, -0.05) is 13.0 Å². The summed E-state index contributed by atoms with van der Waals surface area (Å²) in [6.45, 7) is 4.29. The summed E-state index contributed by atoms with van der Waals surface area (Å²) in [5.41, 5.74) is 9.43. The summed E-state index contributed by atoms with van der Waals surface area (Å²) in [5.74, 6) is 0.312. The zero-order valence-corrected chi connectivity index (χ0v) is 9.82. The molecule has 1 aromatic rings. The van der Waals surface area contributed by atoms with E-state index in [9.17, 15) is 0 Å². The highest BCUT2D eigenvalue weighted by atomic mass is 16.3. The number of nitrogen functional groups attached to an aromatic ring is 1. The van der Waals surface area contributed by atoms with Gasteiger partial charge in [-0.25, -0.2) is 0 Å². The molecule has 1 heterocycles. The van der Waals surface area contributed by atoms with E-state index >= 15 is 0 Å². The van der Waals surface area contributed by atoms with Crippen molar-refractivity contribution in [2.75, 3.05) is 30.3 Å². The van der Waals surface area contributed by atoms with Crippen LogP contribution in [0.15, 0.2) is 18.2 Å². The van der Waals surface area contributed by atoms with Gasteiger partial charge in [0.2, 0.25) is 0 Å². The average molecular weight is 220 g/mol. The summed E-state index contributed by atoms with van der Waals surface area (Å²) in [5, 5.41) is 9.12.